The lowest BCUT2D eigenvalue weighted by molar-refractivity contribution is -0.125. The van der Waals surface area contributed by atoms with Gasteiger partial charge in [-0.1, -0.05) is 45.7 Å². The van der Waals surface area contributed by atoms with Crippen LogP contribution in [-0.2, 0) is 11.3 Å². The van der Waals surface area contributed by atoms with Crippen LogP contribution in [0.4, 0.5) is 5.69 Å². The van der Waals surface area contributed by atoms with Crippen LogP contribution < -0.4 is 9.64 Å². The summed E-state index contributed by atoms with van der Waals surface area (Å²) in [6.45, 7) is 2.18. The standard InChI is InChI=1S/C16H13BrClNO2/c1-10-16(20)19(14-4-2-3-5-15(14)21-10)9-11-6-7-12(17)8-13(11)18/h2-8,10H,9H2,1H3. The molecule has 5 heteroatoms. The normalized spacial score (nSPS) is 17.4. The van der Waals surface area contributed by atoms with E-state index in [1.54, 1.807) is 11.8 Å². The monoisotopic (exact) mass is 365 g/mol. The van der Waals surface area contributed by atoms with Crippen molar-refractivity contribution in [2.45, 2.75) is 19.6 Å². The number of rotatable bonds is 2. The number of halogens is 2. The van der Waals surface area contributed by atoms with Crippen molar-refractivity contribution in [1.29, 1.82) is 0 Å². The van der Waals surface area contributed by atoms with Crippen LogP contribution in [0.15, 0.2) is 46.9 Å². The topological polar surface area (TPSA) is 29.5 Å². The highest BCUT2D eigenvalue weighted by Crippen LogP contribution is 2.35. The molecule has 0 saturated carbocycles. The zero-order valence-corrected chi connectivity index (χ0v) is 13.7. The van der Waals surface area contributed by atoms with E-state index in [1.807, 2.05) is 42.5 Å². The van der Waals surface area contributed by atoms with Crippen molar-refractivity contribution >= 4 is 39.1 Å². The van der Waals surface area contributed by atoms with Crippen LogP contribution in [0.3, 0.4) is 0 Å². The Kier molecular flexibility index (Phi) is 3.91. The van der Waals surface area contributed by atoms with Gasteiger partial charge < -0.3 is 9.64 Å². The first-order chi connectivity index (χ1) is 10.1. The van der Waals surface area contributed by atoms with Crippen molar-refractivity contribution in [3.63, 3.8) is 0 Å². The Bertz CT molecular complexity index is 704. The van der Waals surface area contributed by atoms with Gasteiger partial charge in [0.15, 0.2) is 6.10 Å². The molecule has 0 radical (unpaired) electrons. The summed E-state index contributed by atoms with van der Waals surface area (Å²) in [6.07, 6.45) is -0.492. The molecule has 3 nitrogen and oxygen atoms in total. The van der Waals surface area contributed by atoms with Gasteiger partial charge in [-0.2, -0.15) is 0 Å². The highest BCUT2D eigenvalue weighted by atomic mass is 79.9. The highest BCUT2D eigenvalue weighted by molar-refractivity contribution is 9.10. The first kappa shape index (κ1) is 14.4. The number of carbonyl (C=O) groups is 1. The summed E-state index contributed by atoms with van der Waals surface area (Å²) >= 11 is 9.64. The number of ether oxygens (including phenoxy) is 1. The zero-order chi connectivity index (χ0) is 15.0. The minimum Gasteiger partial charge on any atom is -0.479 e. The first-order valence-electron chi connectivity index (χ1n) is 6.57. The van der Waals surface area contributed by atoms with Gasteiger partial charge in [-0.15, -0.1) is 0 Å². The van der Waals surface area contributed by atoms with E-state index in [9.17, 15) is 4.79 Å². The molecule has 0 fully saturated rings. The van der Waals surface area contributed by atoms with Gasteiger partial charge in [-0.05, 0) is 36.8 Å². The maximum Gasteiger partial charge on any atom is 0.268 e. The number of anilines is 1. The van der Waals surface area contributed by atoms with Crippen molar-refractivity contribution in [1.82, 2.24) is 0 Å². The number of hydrogen-bond donors (Lipinski definition) is 0. The minimum absolute atomic E-state index is 0.0623. The van der Waals surface area contributed by atoms with Crippen LogP contribution in [0.1, 0.15) is 12.5 Å². The van der Waals surface area contributed by atoms with E-state index in [2.05, 4.69) is 15.9 Å². The molecule has 2 aromatic carbocycles. The molecular formula is C16H13BrClNO2. The number of nitrogens with zero attached hydrogens (tertiary/aromatic N) is 1. The van der Waals surface area contributed by atoms with E-state index in [0.29, 0.717) is 11.6 Å². The number of para-hydroxylation sites is 2. The summed E-state index contributed by atoms with van der Waals surface area (Å²) in [6, 6.07) is 13.2. The lowest BCUT2D eigenvalue weighted by Gasteiger charge is -2.33. The summed E-state index contributed by atoms with van der Waals surface area (Å²) in [5, 5.41) is 0.633. The Morgan fingerprint density at radius 1 is 1.29 bits per heavy atom. The molecule has 2 aromatic rings. The van der Waals surface area contributed by atoms with Crippen LogP contribution in [0.25, 0.3) is 0 Å². The van der Waals surface area contributed by atoms with Gasteiger partial charge >= 0.3 is 0 Å². The number of amides is 1. The average molecular weight is 367 g/mol. The van der Waals surface area contributed by atoms with E-state index in [1.165, 1.54) is 0 Å². The fraction of sp³-hybridized carbons (Fsp3) is 0.188. The highest BCUT2D eigenvalue weighted by Gasteiger charge is 2.31. The summed E-state index contributed by atoms with van der Waals surface area (Å²) in [5.74, 6) is 0.658. The maximum absolute atomic E-state index is 12.4. The Morgan fingerprint density at radius 3 is 2.81 bits per heavy atom. The van der Waals surface area contributed by atoms with Crippen LogP contribution in [0.2, 0.25) is 5.02 Å². The Morgan fingerprint density at radius 2 is 2.05 bits per heavy atom. The average Bonchev–Trinajstić information content (AvgIpc) is 2.46. The van der Waals surface area contributed by atoms with Crippen molar-refractivity contribution < 1.29 is 9.53 Å². The van der Waals surface area contributed by atoms with E-state index < -0.39 is 6.10 Å². The number of carbonyl (C=O) groups excluding carboxylic acids is 1. The van der Waals surface area contributed by atoms with E-state index >= 15 is 0 Å². The third-order valence-electron chi connectivity index (χ3n) is 3.42. The molecule has 0 aromatic heterocycles. The fourth-order valence-corrected chi connectivity index (χ4v) is 3.08. The van der Waals surface area contributed by atoms with Gasteiger partial charge in [-0.3, -0.25) is 4.79 Å². The van der Waals surface area contributed by atoms with Gasteiger partial charge in [0.25, 0.3) is 5.91 Å². The molecule has 1 heterocycles. The Hall–Kier alpha value is -1.52. The minimum atomic E-state index is -0.492. The number of hydrogen-bond acceptors (Lipinski definition) is 2. The largest absolute Gasteiger partial charge is 0.479 e. The smallest absolute Gasteiger partial charge is 0.268 e. The Labute approximate surface area is 136 Å². The van der Waals surface area contributed by atoms with Crippen LogP contribution >= 0.6 is 27.5 Å². The van der Waals surface area contributed by atoms with Crippen molar-refractivity contribution in [2.24, 2.45) is 0 Å². The molecule has 0 aliphatic carbocycles. The third-order valence-corrected chi connectivity index (χ3v) is 4.26. The molecule has 3 rings (SSSR count). The molecule has 1 aliphatic heterocycles. The van der Waals surface area contributed by atoms with Gasteiger partial charge in [0.2, 0.25) is 0 Å². The van der Waals surface area contributed by atoms with Gasteiger partial charge in [-0.25, -0.2) is 0 Å². The SMILES string of the molecule is CC1Oc2ccccc2N(Cc2ccc(Br)cc2Cl)C1=O. The second kappa shape index (κ2) is 5.70. The molecule has 1 amide bonds. The molecule has 0 saturated heterocycles. The van der Waals surface area contributed by atoms with E-state index in [-0.39, 0.29) is 5.91 Å². The second-order valence-electron chi connectivity index (χ2n) is 4.89. The predicted octanol–water partition coefficient (Wildman–Crippen LogP) is 4.42. The summed E-state index contributed by atoms with van der Waals surface area (Å²) in [7, 11) is 0. The number of fused-ring (bicyclic) bond motifs is 1. The lowest BCUT2D eigenvalue weighted by Crippen LogP contribution is -2.44. The van der Waals surface area contributed by atoms with E-state index in [0.717, 1.165) is 21.5 Å². The molecule has 0 bridgehead atoms. The van der Waals surface area contributed by atoms with Crippen molar-refractivity contribution in [2.75, 3.05) is 4.90 Å². The Balaban J connectivity index is 1.99. The lowest BCUT2D eigenvalue weighted by atomic mass is 10.1. The fourth-order valence-electron chi connectivity index (χ4n) is 2.34. The second-order valence-corrected chi connectivity index (χ2v) is 6.21. The molecule has 108 valence electrons. The zero-order valence-electron chi connectivity index (χ0n) is 11.3. The molecule has 0 spiro atoms. The van der Waals surface area contributed by atoms with Gasteiger partial charge in [0, 0.05) is 9.50 Å². The van der Waals surface area contributed by atoms with E-state index in [4.69, 9.17) is 16.3 Å². The first-order valence-corrected chi connectivity index (χ1v) is 7.74. The van der Waals surface area contributed by atoms with Crippen LogP contribution in [0.5, 0.6) is 5.75 Å². The summed E-state index contributed by atoms with van der Waals surface area (Å²) in [5.41, 5.74) is 1.68. The number of benzene rings is 2. The van der Waals surface area contributed by atoms with Gasteiger partial charge in [0.1, 0.15) is 5.75 Å². The predicted molar refractivity (Wildman–Crippen MR) is 86.9 cm³/mol. The molecule has 0 N–H and O–H groups in total. The van der Waals surface area contributed by atoms with Crippen LogP contribution in [0, 0.1) is 0 Å². The van der Waals surface area contributed by atoms with Crippen LogP contribution in [-0.4, -0.2) is 12.0 Å². The quantitative estimate of drug-likeness (QED) is 0.787. The third kappa shape index (κ3) is 2.78. The molecule has 21 heavy (non-hydrogen) atoms. The van der Waals surface area contributed by atoms with Crippen molar-refractivity contribution in [3.8, 4) is 5.75 Å². The molecular weight excluding hydrogens is 354 g/mol. The molecule has 1 unspecified atom stereocenters. The summed E-state index contributed by atoms with van der Waals surface area (Å²) in [4.78, 5) is 14.1. The maximum atomic E-state index is 12.4. The molecule has 1 aliphatic rings. The van der Waals surface area contributed by atoms with Crippen molar-refractivity contribution in [3.05, 3.63) is 57.5 Å². The molecule has 1 atom stereocenters. The van der Waals surface area contributed by atoms with Gasteiger partial charge in [0.05, 0.1) is 12.2 Å². The summed E-state index contributed by atoms with van der Waals surface area (Å²) < 4.78 is 6.54.